The number of carbonyl (C=O) groups is 1. The molecule has 0 aliphatic rings. The highest BCUT2D eigenvalue weighted by Crippen LogP contribution is 2.33. The standard InChI is InChI=1S/C29H26N4O5S/c1-4-33-27(22-14-24(36-2)16-25(15-22)37-3)31-32-29(33)39-26(28(34)35)13-19-9-11-23(12-10-19)38-18-21-8-6-5-7-20(21)17-30/h5-16H,4,18H2,1-3H3,(H,34,35)/b26-13-. The van der Waals surface area contributed by atoms with Gasteiger partial charge in [0.2, 0.25) is 0 Å². The molecule has 0 radical (unpaired) electrons. The molecule has 198 valence electrons. The average Bonchev–Trinajstić information content (AvgIpc) is 3.38. The number of carboxylic acid groups (broad SMARTS) is 1. The van der Waals surface area contributed by atoms with Crippen molar-refractivity contribution in [3.63, 3.8) is 0 Å². The lowest BCUT2D eigenvalue weighted by atomic mass is 10.1. The second kappa shape index (κ2) is 12.7. The van der Waals surface area contributed by atoms with E-state index in [-0.39, 0.29) is 11.5 Å². The van der Waals surface area contributed by atoms with E-state index >= 15 is 0 Å². The Bertz CT molecular complexity index is 1520. The molecule has 0 aliphatic heterocycles. The van der Waals surface area contributed by atoms with Crippen LogP contribution in [0.4, 0.5) is 0 Å². The van der Waals surface area contributed by atoms with Gasteiger partial charge in [-0.05, 0) is 60.7 Å². The first-order valence-corrected chi connectivity index (χ1v) is 12.8. The Balaban J connectivity index is 1.54. The van der Waals surface area contributed by atoms with Crippen molar-refractivity contribution in [1.82, 2.24) is 14.8 Å². The Morgan fingerprint density at radius 1 is 1.03 bits per heavy atom. The minimum Gasteiger partial charge on any atom is -0.497 e. The molecule has 0 bridgehead atoms. The van der Waals surface area contributed by atoms with Crippen LogP contribution in [-0.2, 0) is 17.9 Å². The maximum Gasteiger partial charge on any atom is 0.342 e. The van der Waals surface area contributed by atoms with Crippen molar-refractivity contribution in [3.05, 3.63) is 88.3 Å². The first kappa shape index (κ1) is 27.3. The van der Waals surface area contributed by atoms with Gasteiger partial charge in [-0.3, -0.25) is 0 Å². The second-order valence-electron chi connectivity index (χ2n) is 8.19. The van der Waals surface area contributed by atoms with Gasteiger partial charge in [0.1, 0.15) is 28.8 Å². The van der Waals surface area contributed by atoms with Crippen molar-refractivity contribution in [3.8, 4) is 34.7 Å². The van der Waals surface area contributed by atoms with Crippen molar-refractivity contribution in [2.24, 2.45) is 0 Å². The van der Waals surface area contributed by atoms with E-state index in [0.717, 1.165) is 22.9 Å². The number of aliphatic carboxylic acids is 1. The Hall–Kier alpha value is -4.75. The van der Waals surface area contributed by atoms with Crippen LogP contribution in [0.2, 0.25) is 0 Å². The number of ether oxygens (including phenoxy) is 3. The van der Waals surface area contributed by atoms with E-state index in [4.69, 9.17) is 14.2 Å². The van der Waals surface area contributed by atoms with Gasteiger partial charge in [-0.1, -0.05) is 30.3 Å². The van der Waals surface area contributed by atoms with Gasteiger partial charge in [0.25, 0.3) is 0 Å². The van der Waals surface area contributed by atoms with Gasteiger partial charge >= 0.3 is 5.97 Å². The van der Waals surface area contributed by atoms with E-state index in [1.165, 1.54) is 0 Å². The summed E-state index contributed by atoms with van der Waals surface area (Å²) in [6, 6.07) is 21.9. The predicted molar refractivity (Wildman–Crippen MR) is 148 cm³/mol. The molecule has 10 heteroatoms. The molecule has 1 heterocycles. The molecule has 1 aromatic heterocycles. The molecule has 0 aliphatic carbocycles. The molecule has 0 fully saturated rings. The SMILES string of the molecule is CCn1c(S/C(=C\c2ccc(OCc3ccccc3C#N)cc2)C(=O)O)nnc1-c1cc(OC)cc(OC)c1. The highest BCUT2D eigenvalue weighted by Gasteiger charge is 2.19. The number of rotatable bonds is 11. The Kier molecular flexibility index (Phi) is 8.86. The van der Waals surface area contributed by atoms with Gasteiger partial charge in [0, 0.05) is 23.7 Å². The molecular formula is C29H26N4O5S. The molecule has 39 heavy (non-hydrogen) atoms. The van der Waals surface area contributed by atoms with Crippen molar-refractivity contribution >= 4 is 23.8 Å². The highest BCUT2D eigenvalue weighted by molar-refractivity contribution is 8.04. The molecule has 3 aromatic carbocycles. The lowest BCUT2D eigenvalue weighted by molar-refractivity contribution is -0.131. The molecule has 0 amide bonds. The van der Waals surface area contributed by atoms with E-state index < -0.39 is 5.97 Å². The lowest BCUT2D eigenvalue weighted by Gasteiger charge is -2.10. The van der Waals surface area contributed by atoms with Crippen LogP contribution in [0.5, 0.6) is 17.2 Å². The molecule has 0 unspecified atom stereocenters. The molecule has 0 spiro atoms. The number of methoxy groups -OCH3 is 2. The summed E-state index contributed by atoms with van der Waals surface area (Å²) in [6.07, 6.45) is 1.57. The van der Waals surface area contributed by atoms with Crippen molar-refractivity contribution in [2.45, 2.75) is 25.2 Å². The minimum absolute atomic E-state index is 0.0866. The maximum absolute atomic E-state index is 12.1. The Morgan fingerprint density at radius 2 is 1.72 bits per heavy atom. The van der Waals surface area contributed by atoms with Crippen LogP contribution in [0.15, 0.2) is 76.8 Å². The van der Waals surface area contributed by atoms with E-state index in [1.54, 1.807) is 62.8 Å². The molecule has 0 saturated carbocycles. The van der Waals surface area contributed by atoms with E-state index in [9.17, 15) is 15.2 Å². The van der Waals surface area contributed by atoms with Crippen LogP contribution in [0.25, 0.3) is 17.5 Å². The zero-order valence-corrected chi connectivity index (χ0v) is 22.4. The van der Waals surface area contributed by atoms with Crippen LogP contribution < -0.4 is 14.2 Å². The van der Waals surface area contributed by atoms with Gasteiger partial charge < -0.3 is 23.9 Å². The fraction of sp³-hybridized carbons (Fsp3) is 0.172. The van der Waals surface area contributed by atoms with Crippen molar-refractivity contribution < 1.29 is 24.1 Å². The number of hydrogen-bond donors (Lipinski definition) is 1. The molecule has 1 N–H and O–H groups in total. The summed E-state index contributed by atoms with van der Waals surface area (Å²) in [4.78, 5) is 12.2. The second-order valence-corrected chi connectivity index (χ2v) is 9.20. The average molecular weight is 543 g/mol. The summed E-state index contributed by atoms with van der Waals surface area (Å²) in [5.41, 5.74) is 2.78. The topological polar surface area (TPSA) is 119 Å². The molecule has 0 atom stereocenters. The third-order valence-corrected chi connectivity index (χ3v) is 6.76. The first-order chi connectivity index (χ1) is 18.9. The maximum atomic E-state index is 12.1. The molecule has 4 aromatic rings. The van der Waals surface area contributed by atoms with Gasteiger partial charge in [-0.2, -0.15) is 5.26 Å². The summed E-state index contributed by atoms with van der Waals surface area (Å²) in [5, 5.41) is 28.2. The third kappa shape index (κ3) is 6.58. The lowest BCUT2D eigenvalue weighted by Crippen LogP contribution is -2.03. The summed E-state index contributed by atoms with van der Waals surface area (Å²) in [6.45, 7) is 2.72. The largest absolute Gasteiger partial charge is 0.497 e. The fourth-order valence-electron chi connectivity index (χ4n) is 3.76. The van der Waals surface area contributed by atoms with E-state index in [1.807, 2.05) is 35.8 Å². The molecule has 9 nitrogen and oxygen atoms in total. The number of hydrogen-bond acceptors (Lipinski definition) is 8. The van der Waals surface area contributed by atoms with Gasteiger partial charge in [0.15, 0.2) is 11.0 Å². The number of thioether (sulfide) groups is 1. The summed E-state index contributed by atoms with van der Waals surface area (Å²) >= 11 is 1.02. The first-order valence-electron chi connectivity index (χ1n) is 12.0. The van der Waals surface area contributed by atoms with E-state index in [0.29, 0.717) is 45.9 Å². The minimum atomic E-state index is -1.08. The van der Waals surface area contributed by atoms with Crippen LogP contribution in [0, 0.1) is 11.3 Å². The Labute approximate surface area is 230 Å². The monoisotopic (exact) mass is 542 g/mol. The van der Waals surface area contributed by atoms with Gasteiger partial charge in [0.05, 0.1) is 25.9 Å². The van der Waals surface area contributed by atoms with Crippen molar-refractivity contribution in [1.29, 1.82) is 5.26 Å². The van der Waals surface area contributed by atoms with Crippen LogP contribution in [0.3, 0.4) is 0 Å². The molecular weight excluding hydrogens is 516 g/mol. The fourth-order valence-corrected chi connectivity index (χ4v) is 4.65. The Morgan fingerprint density at radius 3 is 2.33 bits per heavy atom. The zero-order valence-electron chi connectivity index (χ0n) is 21.6. The number of nitrogens with zero attached hydrogens (tertiary/aromatic N) is 4. The zero-order chi connectivity index (χ0) is 27.8. The highest BCUT2D eigenvalue weighted by atomic mass is 32.2. The van der Waals surface area contributed by atoms with Gasteiger partial charge in [-0.15, -0.1) is 10.2 Å². The summed E-state index contributed by atoms with van der Waals surface area (Å²) < 4.78 is 18.4. The van der Waals surface area contributed by atoms with E-state index in [2.05, 4.69) is 16.3 Å². The van der Waals surface area contributed by atoms with Gasteiger partial charge in [-0.25, -0.2) is 4.79 Å². The predicted octanol–water partition coefficient (Wildman–Crippen LogP) is 5.65. The molecule has 4 rings (SSSR count). The van der Waals surface area contributed by atoms with Crippen LogP contribution >= 0.6 is 11.8 Å². The van der Waals surface area contributed by atoms with Crippen molar-refractivity contribution in [2.75, 3.05) is 14.2 Å². The number of carboxylic acids is 1. The number of benzene rings is 3. The van der Waals surface area contributed by atoms with Crippen LogP contribution in [-0.4, -0.2) is 40.1 Å². The third-order valence-electron chi connectivity index (χ3n) is 5.76. The smallest absolute Gasteiger partial charge is 0.342 e. The van der Waals surface area contributed by atoms with Crippen LogP contribution in [0.1, 0.15) is 23.6 Å². The normalized spacial score (nSPS) is 11.1. The molecule has 0 saturated heterocycles. The number of nitriles is 1. The summed E-state index contributed by atoms with van der Waals surface area (Å²) in [7, 11) is 3.14. The summed E-state index contributed by atoms with van der Waals surface area (Å²) in [5.74, 6) is 1.31. The number of aromatic nitrogens is 3. The quantitative estimate of drug-likeness (QED) is 0.189.